The smallest absolute Gasteiger partial charge is 0.478 e. The Hall–Kier alpha value is -3.68. The van der Waals surface area contributed by atoms with Gasteiger partial charge in [0.05, 0.1) is 6.61 Å². The Morgan fingerprint density at radius 2 is 1.51 bits per heavy atom. The number of hydrogen-bond donors (Lipinski definition) is 0. The number of hydrogen-bond acceptors (Lipinski definition) is 5. The first-order chi connectivity index (χ1) is 16.4. The predicted molar refractivity (Wildman–Crippen MR) is 126 cm³/mol. The molecular formula is C27H27F3O5. The summed E-state index contributed by atoms with van der Waals surface area (Å²) in [7, 11) is 0. The number of rotatable bonds is 8. The molecule has 0 aromatic heterocycles. The molecule has 0 amide bonds. The molecule has 0 N–H and O–H groups in total. The molecule has 186 valence electrons. The van der Waals surface area contributed by atoms with E-state index in [1.54, 1.807) is 37.3 Å². The fourth-order valence-electron chi connectivity index (χ4n) is 3.25. The molecule has 0 radical (unpaired) electrons. The maximum Gasteiger partial charge on any atom is 0.573 e. The molecule has 8 heteroatoms. The molecule has 0 saturated carbocycles. The van der Waals surface area contributed by atoms with Gasteiger partial charge in [0.2, 0.25) is 0 Å². The quantitative estimate of drug-likeness (QED) is 0.312. The molecule has 0 heterocycles. The van der Waals surface area contributed by atoms with E-state index in [1.165, 1.54) is 18.2 Å². The van der Waals surface area contributed by atoms with Crippen molar-refractivity contribution in [2.24, 2.45) is 0 Å². The van der Waals surface area contributed by atoms with E-state index in [4.69, 9.17) is 14.2 Å². The van der Waals surface area contributed by atoms with Crippen molar-refractivity contribution in [1.29, 1.82) is 0 Å². The van der Waals surface area contributed by atoms with E-state index in [0.29, 0.717) is 22.6 Å². The van der Waals surface area contributed by atoms with Gasteiger partial charge in [-0.05, 0) is 65.4 Å². The lowest BCUT2D eigenvalue weighted by Gasteiger charge is -2.20. The van der Waals surface area contributed by atoms with Crippen molar-refractivity contribution in [2.75, 3.05) is 13.2 Å². The van der Waals surface area contributed by atoms with Gasteiger partial charge in [-0.2, -0.15) is 0 Å². The van der Waals surface area contributed by atoms with Crippen LogP contribution in [-0.2, 0) is 14.9 Å². The van der Waals surface area contributed by atoms with Gasteiger partial charge < -0.3 is 18.9 Å². The van der Waals surface area contributed by atoms with Crippen LogP contribution in [0.15, 0.2) is 66.7 Å². The molecule has 0 spiro atoms. The molecule has 0 aliphatic heterocycles. The van der Waals surface area contributed by atoms with E-state index < -0.39 is 12.3 Å². The summed E-state index contributed by atoms with van der Waals surface area (Å²) >= 11 is 0. The summed E-state index contributed by atoms with van der Waals surface area (Å²) in [5.74, 6) is 0.252. The van der Waals surface area contributed by atoms with Crippen LogP contribution in [0.25, 0.3) is 11.1 Å². The van der Waals surface area contributed by atoms with E-state index in [-0.39, 0.29) is 30.1 Å². The van der Waals surface area contributed by atoms with Crippen LogP contribution in [0.2, 0.25) is 0 Å². The van der Waals surface area contributed by atoms with Crippen LogP contribution in [0.5, 0.6) is 23.0 Å². The first kappa shape index (κ1) is 25.9. The minimum absolute atomic E-state index is 0.108. The molecule has 5 nitrogen and oxygen atoms in total. The zero-order chi connectivity index (χ0) is 25.6. The van der Waals surface area contributed by atoms with E-state index in [2.05, 4.69) is 25.5 Å². The third kappa shape index (κ3) is 7.67. The Labute approximate surface area is 202 Å². The summed E-state index contributed by atoms with van der Waals surface area (Å²) < 4.78 is 58.7. The van der Waals surface area contributed by atoms with Crippen molar-refractivity contribution in [3.63, 3.8) is 0 Å². The Morgan fingerprint density at radius 3 is 2.20 bits per heavy atom. The molecule has 3 rings (SSSR count). The van der Waals surface area contributed by atoms with Crippen LogP contribution in [0, 0.1) is 0 Å². The monoisotopic (exact) mass is 488 g/mol. The highest BCUT2D eigenvalue weighted by molar-refractivity contribution is 5.72. The van der Waals surface area contributed by atoms with Crippen LogP contribution in [0.4, 0.5) is 13.2 Å². The van der Waals surface area contributed by atoms with E-state index in [9.17, 15) is 18.0 Å². The van der Waals surface area contributed by atoms with Crippen molar-refractivity contribution < 1.29 is 36.9 Å². The molecule has 0 aliphatic rings. The second-order valence-corrected chi connectivity index (χ2v) is 8.71. The van der Waals surface area contributed by atoms with Gasteiger partial charge in [-0.15, -0.1) is 13.2 Å². The fraction of sp³-hybridized carbons (Fsp3) is 0.296. The summed E-state index contributed by atoms with van der Waals surface area (Å²) in [6, 6.07) is 18.1. The van der Waals surface area contributed by atoms with Crippen molar-refractivity contribution in [3.8, 4) is 34.1 Å². The van der Waals surface area contributed by atoms with E-state index in [1.807, 2.05) is 18.2 Å². The molecule has 0 atom stereocenters. The SMILES string of the molecule is CCOC(=O)COc1ccc(-c2cccc(OC(F)(F)F)c2)cc1Oc1cccc(C(C)(C)C)c1. The first-order valence-corrected chi connectivity index (χ1v) is 11.0. The Bertz CT molecular complexity index is 1170. The Kier molecular flexibility index (Phi) is 7.94. The van der Waals surface area contributed by atoms with Crippen LogP contribution >= 0.6 is 0 Å². The van der Waals surface area contributed by atoms with E-state index >= 15 is 0 Å². The molecule has 3 aromatic carbocycles. The van der Waals surface area contributed by atoms with Crippen molar-refractivity contribution in [1.82, 2.24) is 0 Å². The second-order valence-electron chi connectivity index (χ2n) is 8.71. The highest BCUT2D eigenvalue weighted by Crippen LogP contribution is 2.38. The topological polar surface area (TPSA) is 54.0 Å². The highest BCUT2D eigenvalue weighted by Gasteiger charge is 2.31. The van der Waals surface area contributed by atoms with Gasteiger partial charge >= 0.3 is 12.3 Å². The molecule has 0 unspecified atom stereocenters. The maximum atomic E-state index is 12.7. The van der Waals surface area contributed by atoms with Gasteiger partial charge in [-0.3, -0.25) is 0 Å². The standard InChI is InChI=1S/C27H27F3O5/c1-5-32-25(31)17-33-23-13-12-19(18-8-6-11-22(14-18)35-27(28,29)30)15-24(23)34-21-10-7-9-20(16-21)26(2,3)4/h6-16H,5,17H2,1-4H3. The molecular weight excluding hydrogens is 461 g/mol. The number of halogens is 3. The minimum atomic E-state index is -4.80. The number of alkyl halides is 3. The van der Waals surface area contributed by atoms with E-state index in [0.717, 1.165) is 5.56 Å². The average molecular weight is 489 g/mol. The van der Waals surface area contributed by atoms with Crippen molar-refractivity contribution in [3.05, 3.63) is 72.3 Å². The molecule has 0 bridgehead atoms. The zero-order valence-electron chi connectivity index (χ0n) is 19.9. The molecule has 0 aliphatic carbocycles. The van der Waals surface area contributed by atoms with Crippen LogP contribution in [0.1, 0.15) is 33.3 Å². The third-order valence-electron chi connectivity index (χ3n) is 4.92. The normalized spacial score (nSPS) is 11.6. The number of benzene rings is 3. The second kappa shape index (κ2) is 10.7. The summed E-state index contributed by atoms with van der Waals surface area (Å²) in [4.78, 5) is 11.8. The van der Waals surface area contributed by atoms with Gasteiger partial charge in [0.1, 0.15) is 11.5 Å². The highest BCUT2D eigenvalue weighted by atomic mass is 19.4. The van der Waals surface area contributed by atoms with Crippen molar-refractivity contribution >= 4 is 5.97 Å². The van der Waals surface area contributed by atoms with Crippen molar-refractivity contribution in [2.45, 2.75) is 39.5 Å². The molecule has 0 fully saturated rings. The fourth-order valence-corrected chi connectivity index (χ4v) is 3.25. The van der Waals surface area contributed by atoms with Gasteiger partial charge in [0, 0.05) is 0 Å². The number of carbonyl (C=O) groups excluding carboxylic acids is 1. The number of esters is 1. The molecule has 3 aromatic rings. The minimum Gasteiger partial charge on any atom is -0.478 e. The van der Waals surface area contributed by atoms with Crippen LogP contribution in [-0.4, -0.2) is 25.5 Å². The lowest BCUT2D eigenvalue weighted by Crippen LogP contribution is -2.17. The first-order valence-electron chi connectivity index (χ1n) is 11.0. The van der Waals surface area contributed by atoms with Gasteiger partial charge in [-0.25, -0.2) is 4.79 Å². The Morgan fingerprint density at radius 1 is 0.829 bits per heavy atom. The van der Waals surface area contributed by atoms with Crippen LogP contribution < -0.4 is 14.2 Å². The van der Waals surface area contributed by atoms with Gasteiger partial charge in [0.25, 0.3) is 0 Å². The summed E-state index contributed by atoms with van der Waals surface area (Å²) in [6.45, 7) is 7.84. The van der Waals surface area contributed by atoms with Gasteiger partial charge in [0.15, 0.2) is 18.1 Å². The lowest BCUT2D eigenvalue weighted by atomic mass is 9.87. The van der Waals surface area contributed by atoms with Gasteiger partial charge in [-0.1, -0.05) is 51.1 Å². The lowest BCUT2D eigenvalue weighted by molar-refractivity contribution is -0.274. The third-order valence-corrected chi connectivity index (χ3v) is 4.92. The van der Waals surface area contributed by atoms with Crippen LogP contribution in [0.3, 0.4) is 0 Å². The summed E-state index contributed by atoms with van der Waals surface area (Å²) in [5.41, 5.74) is 2.00. The molecule has 35 heavy (non-hydrogen) atoms. The Balaban J connectivity index is 1.96. The largest absolute Gasteiger partial charge is 0.573 e. The number of carbonyl (C=O) groups is 1. The average Bonchev–Trinajstić information content (AvgIpc) is 2.77. The summed E-state index contributed by atoms with van der Waals surface area (Å²) in [6.07, 6.45) is -4.80. The molecule has 0 saturated heterocycles. The zero-order valence-corrected chi connectivity index (χ0v) is 19.9. The number of ether oxygens (including phenoxy) is 4. The predicted octanol–water partition coefficient (Wildman–Crippen LogP) is 7.28. The maximum absolute atomic E-state index is 12.7. The summed E-state index contributed by atoms with van der Waals surface area (Å²) in [5, 5.41) is 0.